The second-order valence-electron chi connectivity index (χ2n) is 3.94. The summed E-state index contributed by atoms with van der Waals surface area (Å²) in [6.45, 7) is 0. The van der Waals surface area contributed by atoms with Gasteiger partial charge in [-0.15, -0.1) is 12.8 Å². The first-order valence-electron chi connectivity index (χ1n) is 5.97. The average Bonchev–Trinajstić information content (AvgIpc) is 2.53. The van der Waals surface area contributed by atoms with Gasteiger partial charge in [0.05, 0.1) is 0 Å². The lowest BCUT2D eigenvalue weighted by Crippen LogP contribution is -1.76. The zero-order valence-electron chi connectivity index (χ0n) is 10.8. The highest BCUT2D eigenvalue weighted by Crippen LogP contribution is 2.02. The van der Waals surface area contributed by atoms with E-state index in [1.807, 2.05) is 48.5 Å². The molecule has 0 unspecified atom stereocenters. The molecule has 2 aromatic rings. The van der Waals surface area contributed by atoms with Crippen molar-refractivity contribution in [3.05, 3.63) is 70.8 Å². The molecule has 0 heteroatoms. The highest BCUT2D eigenvalue weighted by atomic mass is 13.9. The van der Waals surface area contributed by atoms with Gasteiger partial charge in [-0.2, -0.15) is 0 Å². The van der Waals surface area contributed by atoms with Crippen LogP contribution in [0, 0.1) is 48.4 Å². The van der Waals surface area contributed by atoms with Crippen LogP contribution in [0.4, 0.5) is 0 Å². The van der Waals surface area contributed by atoms with E-state index in [2.05, 4.69) is 35.5 Å². The fourth-order valence-corrected chi connectivity index (χ4v) is 1.51. The van der Waals surface area contributed by atoms with Crippen molar-refractivity contribution in [3.8, 4) is 48.4 Å². The van der Waals surface area contributed by atoms with E-state index in [-0.39, 0.29) is 0 Å². The number of terminal acetylenes is 2. The first kappa shape index (κ1) is 13.1. The maximum Gasteiger partial charge on any atom is 0.0256 e. The van der Waals surface area contributed by atoms with Crippen LogP contribution in [-0.2, 0) is 0 Å². The molecule has 0 aliphatic rings. The summed E-state index contributed by atoms with van der Waals surface area (Å²) in [7, 11) is 0. The summed E-state index contributed by atoms with van der Waals surface area (Å²) in [5.74, 6) is 16.7. The smallest absolute Gasteiger partial charge is 0.0256 e. The molecule has 2 aromatic carbocycles. The summed E-state index contributed by atoms with van der Waals surface area (Å²) >= 11 is 0. The summed E-state index contributed by atoms with van der Waals surface area (Å²) in [5.41, 5.74) is 3.47. The van der Waals surface area contributed by atoms with E-state index in [1.165, 1.54) is 0 Å². The summed E-state index contributed by atoms with van der Waals surface area (Å²) in [5, 5.41) is 0. The lowest BCUT2D eigenvalue weighted by Gasteiger charge is -1.90. The van der Waals surface area contributed by atoms with E-state index in [0.29, 0.717) is 0 Å². The SMILES string of the molecule is C#Cc1ccc(C#CC#Cc2ccc(C#C)cc2)cc1. The maximum absolute atomic E-state index is 5.29. The summed E-state index contributed by atoms with van der Waals surface area (Å²) in [6.07, 6.45) is 10.6. The molecule has 0 fully saturated rings. The Morgan fingerprint density at radius 2 is 0.800 bits per heavy atom. The Labute approximate surface area is 119 Å². The fraction of sp³-hybridized carbons (Fsp3) is 0. The van der Waals surface area contributed by atoms with Crippen LogP contribution in [-0.4, -0.2) is 0 Å². The molecule has 0 N–H and O–H groups in total. The van der Waals surface area contributed by atoms with Gasteiger partial charge in [-0.25, -0.2) is 0 Å². The van der Waals surface area contributed by atoms with Gasteiger partial charge in [-0.1, -0.05) is 23.7 Å². The molecule has 0 nitrogen and oxygen atoms in total. The van der Waals surface area contributed by atoms with Crippen LogP contribution in [0.15, 0.2) is 48.5 Å². The first-order valence-corrected chi connectivity index (χ1v) is 5.97. The maximum atomic E-state index is 5.29. The van der Waals surface area contributed by atoms with Gasteiger partial charge in [0.25, 0.3) is 0 Å². The molecule has 0 aliphatic heterocycles. The third-order valence-corrected chi connectivity index (χ3v) is 2.58. The zero-order chi connectivity index (χ0) is 14.2. The lowest BCUT2D eigenvalue weighted by molar-refractivity contribution is 1.60. The minimum Gasteiger partial charge on any atom is -0.115 e. The predicted molar refractivity (Wildman–Crippen MR) is 82.5 cm³/mol. The van der Waals surface area contributed by atoms with Gasteiger partial charge >= 0.3 is 0 Å². The Hall–Kier alpha value is -3.32. The largest absolute Gasteiger partial charge is 0.115 e. The van der Waals surface area contributed by atoms with Crippen molar-refractivity contribution < 1.29 is 0 Å². The average molecular weight is 250 g/mol. The van der Waals surface area contributed by atoms with Crippen molar-refractivity contribution in [2.75, 3.05) is 0 Å². The zero-order valence-corrected chi connectivity index (χ0v) is 10.8. The molecule has 2 rings (SSSR count). The third kappa shape index (κ3) is 3.59. The highest BCUT2D eigenvalue weighted by molar-refractivity contribution is 5.47. The number of rotatable bonds is 0. The summed E-state index contributed by atoms with van der Waals surface area (Å²) in [6, 6.07) is 15.0. The van der Waals surface area contributed by atoms with Crippen LogP contribution < -0.4 is 0 Å². The Morgan fingerprint density at radius 1 is 0.500 bits per heavy atom. The van der Waals surface area contributed by atoms with Gasteiger partial charge in [0.1, 0.15) is 0 Å². The second-order valence-corrected chi connectivity index (χ2v) is 3.94. The Morgan fingerprint density at radius 3 is 1.10 bits per heavy atom. The van der Waals surface area contributed by atoms with Crippen LogP contribution in [0.1, 0.15) is 22.3 Å². The topological polar surface area (TPSA) is 0 Å². The van der Waals surface area contributed by atoms with E-state index in [0.717, 1.165) is 22.3 Å². The molecule has 0 saturated carbocycles. The van der Waals surface area contributed by atoms with Crippen molar-refractivity contribution >= 4 is 0 Å². The molecule has 0 aliphatic carbocycles. The van der Waals surface area contributed by atoms with Crippen molar-refractivity contribution in [2.45, 2.75) is 0 Å². The second kappa shape index (κ2) is 6.57. The Kier molecular flexibility index (Phi) is 4.31. The van der Waals surface area contributed by atoms with Gasteiger partial charge in [-0.3, -0.25) is 0 Å². The highest BCUT2D eigenvalue weighted by Gasteiger charge is 1.88. The molecule has 0 amide bonds. The minimum absolute atomic E-state index is 0.843. The third-order valence-electron chi connectivity index (χ3n) is 2.58. The van der Waals surface area contributed by atoms with Gasteiger partial charge in [0.2, 0.25) is 0 Å². The van der Waals surface area contributed by atoms with Crippen LogP contribution >= 0.6 is 0 Å². The van der Waals surface area contributed by atoms with E-state index in [4.69, 9.17) is 12.8 Å². The van der Waals surface area contributed by atoms with Crippen LogP contribution in [0.3, 0.4) is 0 Å². The van der Waals surface area contributed by atoms with Crippen LogP contribution in [0.2, 0.25) is 0 Å². The normalized spacial score (nSPS) is 8.10. The lowest BCUT2D eigenvalue weighted by atomic mass is 10.1. The molecule has 90 valence electrons. The molecule has 0 saturated heterocycles. The van der Waals surface area contributed by atoms with Gasteiger partial charge in [-0.05, 0) is 60.4 Å². The van der Waals surface area contributed by atoms with Gasteiger partial charge in [0, 0.05) is 22.3 Å². The van der Waals surface area contributed by atoms with Gasteiger partial charge in [0.15, 0.2) is 0 Å². The van der Waals surface area contributed by atoms with E-state index in [9.17, 15) is 0 Å². The number of hydrogen-bond acceptors (Lipinski definition) is 0. The van der Waals surface area contributed by atoms with Crippen LogP contribution in [0.25, 0.3) is 0 Å². The van der Waals surface area contributed by atoms with E-state index < -0.39 is 0 Å². The van der Waals surface area contributed by atoms with Crippen LogP contribution in [0.5, 0.6) is 0 Å². The molecule has 0 bridgehead atoms. The molecule has 0 atom stereocenters. The molecule has 0 aromatic heterocycles. The Bertz CT molecular complexity index is 724. The van der Waals surface area contributed by atoms with E-state index >= 15 is 0 Å². The molecule has 0 radical (unpaired) electrons. The van der Waals surface area contributed by atoms with Crippen molar-refractivity contribution in [1.82, 2.24) is 0 Å². The molecule has 20 heavy (non-hydrogen) atoms. The Balaban J connectivity index is 2.09. The molecular formula is C20H10. The summed E-state index contributed by atoms with van der Waals surface area (Å²) in [4.78, 5) is 0. The van der Waals surface area contributed by atoms with Crippen molar-refractivity contribution in [1.29, 1.82) is 0 Å². The minimum atomic E-state index is 0.843. The predicted octanol–water partition coefficient (Wildman–Crippen LogP) is 3.05. The molecular weight excluding hydrogens is 240 g/mol. The first-order chi connectivity index (χ1) is 9.81. The van der Waals surface area contributed by atoms with Crippen molar-refractivity contribution in [3.63, 3.8) is 0 Å². The standard InChI is InChI=1S/C20H10/c1-3-17-9-13-19(14-10-17)7-5-6-8-20-15-11-18(4-2)12-16-20/h1-2,9-16H. The van der Waals surface area contributed by atoms with Crippen molar-refractivity contribution in [2.24, 2.45) is 0 Å². The summed E-state index contributed by atoms with van der Waals surface area (Å²) < 4.78 is 0. The van der Waals surface area contributed by atoms with E-state index in [1.54, 1.807) is 0 Å². The number of hydrogen-bond donors (Lipinski definition) is 0. The van der Waals surface area contributed by atoms with Gasteiger partial charge < -0.3 is 0 Å². The fourth-order valence-electron chi connectivity index (χ4n) is 1.51. The molecule has 0 spiro atoms. The number of benzene rings is 2. The quantitative estimate of drug-likeness (QED) is 0.630. The monoisotopic (exact) mass is 250 g/mol. The molecule has 0 heterocycles.